The summed E-state index contributed by atoms with van der Waals surface area (Å²) in [5.74, 6) is -1.61. The molecule has 3 aromatic rings. The molecule has 1 aromatic heterocycles. The van der Waals surface area contributed by atoms with E-state index in [1.807, 2.05) is 38.1 Å². The number of aromatic hydroxyl groups is 1. The second kappa shape index (κ2) is 8.99. The molecular weight excluding hydrogens is 460 g/mol. The van der Waals surface area contributed by atoms with Crippen molar-refractivity contribution < 1.29 is 24.2 Å². The van der Waals surface area contributed by atoms with Crippen LogP contribution in [0.15, 0.2) is 51.0 Å². The number of carbonyl (C=O) groups excluding carboxylic acids is 1. The Bertz CT molecular complexity index is 1470. The number of benzene rings is 2. The van der Waals surface area contributed by atoms with Gasteiger partial charge in [-0.2, -0.15) is 15.2 Å². The van der Waals surface area contributed by atoms with Gasteiger partial charge in [0.05, 0.1) is 22.6 Å². The Morgan fingerprint density at radius 1 is 1.08 bits per heavy atom. The van der Waals surface area contributed by atoms with Gasteiger partial charge in [-0.25, -0.2) is 4.79 Å². The number of carboxylic acids is 1. The maximum Gasteiger partial charge on any atom is 0.371 e. The maximum absolute atomic E-state index is 13.1. The fraction of sp³-hybridized carbons (Fsp3) is 0.259. The minimum atomic E-state index is -1.18. The highest BCUT2D eigenvalue weighted by atomic mass is 16.4. The van der Waals surface area contributed by atoms with E-state index in [0.29, 0.717) is 22.6 Å². The van der Waals surface area contributed by atoms with E-state index in [2.05, 4.69) is 15.6 Å². The number of rotatable bonds is 5. The van der Waals surface area contributed by atoms with Crippen molar-refractivity contribution in [1.82, 2.24) is 0 Å². The van der Waals surface area contributed by atoms with Gasteiger partial charge in [0.25, 0.3) is 0 Å². The number of hydrogen-bond acceptors (Lipinski definition) is 7. The van der Waals surface area contributed by atoms with Crippen molar-refractivity contribution >= 4 is 34.7 Å². The van der Waals surface area contributed by atoms with Gasteiger partial charge in [0.2, 0.25) is 5.76 Å². The van der Waals surface area contributed by atoms with E-state index in [-0.39, 0.29) is 28.9 Å². The van der Waals surface area contributed by atoms with Gasteiger partial charge >= 0.3 is 11.9 Å². The third kappa shape index (κ3) is 4.02. The van der Waals surface area contributed by atoms with Crippen molar-refractivity contribution in [3.8, 4) is 17.1 Å². The third-order valence-electron chi connectivity index (χ3n) is 6.70. The van der Waals surface area contributed by atoms with E-state index >= 15 is 0 Å². The lowest BCUT2D eigenvalue weighted by atomic mass is 9.86. The van der Waals surface area contributed by atoms with Gasteiger partial charge in [-0.05, 0) is 99.0 Å². The summed E-state index contributed by atoms with van der Waals surface area (Å²) in [6.45, 7) is 5.68. The number of phenols is 1. The van der Waals surface area contributed by atoms with Crippen LogP contribution in [-0.4, -0.2) is 33.5 Å². The number of fused-ring (bicyclic) bond motifs is 1. The predicted octanol–water partition coefficient (Wildman–Crippen LogP) is 5.04. The molecule has 0 atom stereocenters. The van der Waals surface area contributed by atoms with E-state index in [9.17, 15) is 19.8 Å². The van der Waals surface area contributed by atoms with Crippen molar-refractivity contribution in [1.29, 1.82) is 0 Å². The molecule has 2 heterocycles. The molecular formula is C27H26N4O5. The zero-order valence-corrected chi connectivity index (χ0v) is 20.3. The quantitative estimate of drug-likeness (QED) is 0.343. The first-order chi connectivity index (χ1) is 17.2. The molecule has 0 unspecified atom stereocenters. The smallest absolute Gasteiger partial charge is 0.371 e. The molecule has 2 aromatic carbocycles. The van der Waals surface area contributed by atoms with Gasteiger partial charge in [-0.15, -0.1) is 0 Å². The Labute approximate surface area is 207 Å². The molecule has 0 saturated carbocycles. The molecule has 0 saturated heterocycles. The van der Waals surface area contributed by atoms with Crippen LogP contribution in [0, 0.1) is 13.8 Å². The Balaban J connectivity index is 1.50. The largest absolute Gasteiger partial charge is 0.505 e. The summed E-state index contributed by atoms with van der Waals surface area (Å²) in [5.41, 5.74) is 8.95. The second-order valence-electron chi connectivity index (χ2n) is 9.10. The lowest BCUT2D eigenvalue weighted by Gasteiger charge is -2.21. The van der Waals surface area contributed by atoms with Crippen molar-refractivity contribution in [3.63, 3.8) is 0 Å². The number of amides is 1. The first-order valence-electron chi connectivity index (χ1n) is 11.8. The van der Waals surface area contributed by atoms with Gasteiger partial charge in [-0.1, -0.05) is 6.07 Å². The molecule has 9 heteroatoms. The molecule has 1 amide bonds. The van der Waals surface area contributed by atoms with E-state index in [1.54, 1.807) is 13.0 Å². The number of nitrogens with one attached hydrogen (secondary N) is 1. The molecule has 1 aliphatic heterocycles. The number of hydrogen-bond donors (Lipinski definition) is 3. The van der Waals surface area contributed by atoms with Crippen LogP contribution in [-0.2, 0) is 17.6 Å². The van der Waals surface area contributed by atoms with Crippen molar-refractivity contribution in [3.05, 3.63) is 64.4 Å². The Morgan fingerprint density at radius 2 is 1.86 bits per heavy atom. The van der Waals surface area contributed by atoms with Crippen molar-refractivity contribution in [2.45, 2.75) is 46.5 Å². The summed E-state index contributed by atoms with van der Waals surface area (Å²) < 4.78 is 5.52. The van der Waals surface area contributed by atoms with Crippen LogP contribution in [0.1, 0.15) is 52.6 Å². The van der Waals surface area contributed by atoms with E-state index in [1.165, 1.54) is 11.1 Å². The highest BCUT2D eigenvalue weighted by molar-refractivity contribution is 6.71. The van der Waals surface area contributed by atoms with Crippen LogP contribution in [0.2, 0.25) is 0 Å². The number of hydrazone groups is 2. The second-order valence-corrected chi connectivity index (χ2v) is 9.10. The topological polar surface area (TPSA) is 128 Å². The van der Waals surface area contributed by atoms with Crippen LogP contribution in [0.5, 0.6) is 5.75 Å². The molecule has 0 radical (unpaired) electrons. The zero-order chi connectivity index (χ0) is 25.6. The minimum Gasteiger partial charge on any atom is -0.505 e. The molecule has 9 nitrogen and oxygen atoms in total. The summed E-state index contributed by atoms with van der Waals surface area (Å²) in [5, 5.41) is 30.4. The number of aromatic carboxylic acids is 1. The van der Waals surface area contributed by atoms with Crippen molar-refractivity contribution in [2.75, 3.05) is 10.4 Å². The van der Waals surface area contributed by atoms with Gasteiger partial charge < -0.3 is 14.6 Å². The highest BCUT2D eigenvalue weighted by Crippen LogP contribution is 2.43. The first-order valence-corrected chi connectivity index (χ1v) is 11.8. The molecule has 1 aliphatic carbocycles. The van der Waals surface area contributed by atoms with Crippen LogP contribution < -0.4 is 10.4 Å². The lowest BCUT2D eigenvalue weighted by Crippen LogP contribution is -2.28. The van der Waals surface area contributed by atoms with Gasteiger partial charge in [0.15, 0.2) is 11.5 Å². The van der Waals surface area contributed by atoms with Gasteiger partial charge in [0, 0.05) is 0 Å². The number of anilines is 2. The number of phenolic OH excluding ortho intramolecular Hbond substituents is 1. The number of nitrogens with zero attached hydrogens (tertiary/aromatic N) is 3. The van der Waals surface area contributed by atoms with Crippen LogP contribution in [0.4, 0.5) is 11.4 Å². The number of carboxylic acid groups (broad SMARTS) is 1. The molecule has 2 aliphatic rings. The SMILES string of the molecule is CC1=NN(c2ccc(C)c(C)c2)C(=O)/C1=N\Nc1cc2c(c(-c3ccc(C(=O)O)o3)c1O)CCCC2. The molecule has 0 fully saturated rings. The molecule has 0 spiro atoms. The normalized spacial score (nSPS) is 16.3. The minimum absolute atomic E-state index is 0.114. The molecule has 3 N–H and O–H groups in total. The number of carbonyl (C=O) groups is 2. The fourth-order valence-electron chi connectivity index (χ4n) is 4.61. The summed E-state index contributed by atoms with van der Waals surface area (Å²) in [7, 11) is 0. The first kappa shape index (κ1) is 23.3. The lowest BCUT2D eigenvalue weighted by molar-refractivity contribution is -0.112. The van der Waals surface area contributed by atoms with Crippen LogP contribution in [0.3, 0.4) is 0 Å². The number of aryl methyl sites for hydroxylation is 3. The summed E-state index contributed by atoms with van der Waals surface area (Å²) >= 11 is 0. The molecule has 36 heavy (non-hydrogen) atoms. The number of furan rings is 1. The van der Waals surface area contributed by atoms with E-state index < -0.39 is 5.97 Å². The van der Waals surface area contributed by atoms with Crippen molar-refractivity contribution in [2.24, 2.45) is 10.2 Å². The summed E-state index contributed by atoms with van der Waals surface area (Å²) in [6, 6.07) is 10.4. The average molecular weight is 487 g/mol. The average Bonchev–Trinajstić information content (AvgIpc) is 3.45. The third-order valence-corrected chi connectivity index (χ3v) is 6.70. The van der Waals surface area contributed by atoms with E-state index in [0.717, 1.165) is 47.9 Å². The Hall–Kier alpha value is -4.40. The predicted molar refractivity (Wildman–Crippen MR) is 137 cm³/mol. The van der Waals surface area contributed by atoms with Crippen LogP contribution in [0.25, 0.3) is 11.3 Å². The fourth-order valence-corrected chi connectivity index (χ4v) is 4.61. The monoisotopic (exact) mass is 486 g/mol. The standard InChI is InChI=1S/C27H26N4O5/c1-14-8-9-18(12-15(14)2)31-26(33)24(16(3)30-31)29-28-20-13-17-6-4-5-7-19(17)23(25(20)32)21-10-11-22(36-21)27(34)35/h8-13,28,32H,4-7H2,1-3H3,(H,34,35)/b29-24-. The Morgan fingerprint density at radius 3 is 2.58 bits per heavy atom. The molecule has 5 rings (SSSR count). The van der Waals surface area contributed by atoms with E-state index in [4.69, 9.17) is 4.42 Å². The Kier molecular flexibility index (Phi) is 5.83. The van der Waals surface area contributed by atoms with Gasteiger partial charge in [0.1, 0.15) is 5.76 Å². The van der Waals surface area contributed by atoms with Crippen LogP contribution >= 0.6 is 0 Å². The molecule has 184 valence electrons. The van der Waals surface area contributed by atoms with Gasteiger partial charge in [-0.3, -0.25) is 10.2 Å². The zero-order valence-electron chi connectivity index (χ0n) is 20.3. The summed E-state index contributed by atoms with van der Waals surface area (Å²) in [6.07, 6.45) is 3.50. The maximum atomic E-state index is 13.1. The molecule has 0 bridgehead atoms. The highest BCUT2D eigenvalue weighted by Gasteiger charge is 2.31. The summed E-state index contributed by atoms with van der Waals surface area (Å²) in [4.78, 5) is 24.4.